The molecule has 3 aliphatic rings. The second-order valence-corrected chi connectivity index (χ2v) is 17.4. The number of fused-ring (bicyclic) bond motifs is 4. The van der Waals surface area contributed by atoms with Crippen LogP contribution in [0.5, 0.6) is 0 Å². The first-order valence-electron chi connectivity index (χ1n) is 19.2. The van der Waals surface area contributed by atoms with Gasteiger partial charge in [0.2, 0.25) is 0 Å². The average molecular weight is 861 g/mol. The molecular formula is C43H40ClF3N6O6S. The number of thioether (sulfide) groups is 1. The highest BCUT2D eigenvalue weighted by Crippen LogP contribution is 2.45. The fourth-order valence-electron chi connectivity index (χ4n) is 7.66. The van der Waals surface area contributed by atoms with Gasteiger partial charge in [0.05, 0.1) is 30.4 Å². The van der Waals surface area contributed by atoms with Crippen molar-refractivity contribution >= 4 is 53.2 Å². The van der Waals surface area contributed by atoms with Crippen molar-refractivity contribution in [1.82, 2.24) is 20.4 Å². The highest BCUT2D eigenvalue weighted by Gasteiger charge is 2.44. The van der Waals surface area contributed by atoms with E-state index in [2.05, 4.69) is 20.8 Å². The van der Waals surface area contributed by atoms with E-state index in [0.717, 1.165) is 27.2 Å². The van der Waals surface area contributed by atoms with E-state index in [-0.39, 0.29) is 48.8 Å². The van der Waals surface area contributed by atoms with Crippen molar-refractivity contribution in [1.29, 1.82) is 0 Å². The van der Waals surface area contributed by atoms with Gasteiger partial charge < -0.3 is 34.3 Å². The van der Waals surface area contributed by atoms with Crippen molar-refractivity contribution in [3.63, 3.8) is 0 Å². The van der Waals surface area contributed by atoms with Gasteiger partial charge in [-0.1, -0.05) is 77.4 Å². The Morgan fingerprint density at radius 3 is 2.35 bits per heavy atom. The van der Waals surface area contributed by atoms with Crippen LogP contribution in [-0.4, -0.2) is 82.2 Å². The zero-order chi connectivity index (χ0) is 42.3. The molecule has 1 fully saturated rings. The van der Waals surface area contributed by atoms with Gasteiger partial charge in [0.1, 0.15) is 24.1 Å². The van der Waals surface area contributed by atoms with E-state index in [1.807, 2.05) is 48.5 Å². The van der Waals surface area contributed by atoms with Crippen LogP contribution in [0.1, 0.15) is 49.8 Å². The fraction of sp³-hybridized carbons (Fsp3) is 0.326. The molecule has 17 heteroatoms. The summed E-state index contributed by atoms with van der Waals surface area (Å²) in [6.45, 7) is 4.11. The number of hydrogen-bond acceptors (Lipinski definition) is 10. The molecule has 2 aliphatic heterocycles. The molecule has 0 bridgehead atoms. The van der Waals surface area contributed by atoms with E-state index in [1.165, 1.54) is 28.8 Å². The van der Waals surface area contributed by atoms with Gasteiger partial charge in [-0.25, -0.2) is 22.8 Å². The molecule has 2 atom stereocenters. The fourth-order valence-corrected chi connectivity index (χ4v) is 8.86. The van der Waals surface area contributed by atoms with Crippen LogP contribution in [-0.2, 0) is 20.8 Å². The lowest BCUT2D eigenvalue weighted by molar-refractivity contribution is -0.120. The summed E-state index contributed by atoms with van der Waals surface area (Å²) >= 11 is 7.28. The highest BCUT2D eigenvalue weighted by atomic mass is 35.5. The van der Waals surface area contributed by atoms with Crippen molar-refractivity contribution < 1.29 is 41.4 Å². The maximum atomic E-state index is 15.9. The summed E-state index contributed by atoms with van der Waals surface area (Å²) in [4.78, 5) is 43.0. The molecular weight excluding hydrogens is 821 g/mol. The van der Waals surface area contributed by atoms with E-state index in [4.69, 9.17) is 25.5 Å². The Kier molecular flexibility index (Phi) is 11.2. The molecule has 3 heterocycles. The number of amides is 3. The molecule has 1 unspecified atom stereocenters. The number of carbonyl (C=O) groups excluding carboxylic acids is 3. The molecule has 4 aromatic carbocycles. The molecule has 1 aromatic heterocycles. The number of aromatic nitrogens is 2. The molecule has 8 rings (SSSR count). The van der Waals surface area contributed by atoms with Crippen LogP contribution >= 0.6 is 23.4 Å². The van der Waals surface area contributed by atoms with E-state index >= 15 is 13.2 Å². The van der Waals surface area contributed by atoms with Gasteiger partial charge >= 0.3 is 18.2 Å². The molecule has 3 amide bonds. The number of rotatable bonds is 8. The zero-order valence-electron chi connectivity index (χ0n) is 32.7. The van der Waals surface area contributed by atoms with Crippen LogP contribution in [0, 0.1) is 5.82 Å². The molecule has 1 aliphatic carbocycles. The van der Waals surface area contributed by atoms with Crippen molar-refractivity contribution in [2.24, 2.45) is 0 Å². The van der Waals surface area contributed by atoms with Crippen LogP contribution in [0.25, 0.3) is 22.6 Å². The van der Waals surface area contributed by atoms with Crippen LogP contribution in [0.2, 0.25) is 5.02 Å². The third-order valence-electron chi connectivity index (χ3n) is 10.2. The van der Waals surface area contributed by atoms with E-state index in [0.29, 0.717) is 21.2 Å². The Labute approximate surface area is 352 Å². The van der Waals surface area contributed by atoms with E-state index < -0.39 is 60.5 Å². The first-order chi connectivity index (χ1) is 28.6. The number of nitrogens with one attached hydrogen (secondary N) is 2. The molecule has 312 valence electrons. The van der Waals surface area contributed by atoms with Gasteiger partial charge in [0.25, 0.3) is 17.7 Å². The highest BCUT2D eigenvalue weighted by molar-refractivity contribution is 7.99. The summed E-state index contributed by atoms with van der Waals surface area (Å²) in [7, 11) is 0. The SMILES string of the molecule is CC(C)(C)OC(=O)N[C@H]1CSc2cc(F)c(-c3nnc(NC4CN(C(=O)OCC5c6ccccc6-c6ccccc65)CC(F)(F)C4)o3)cc2N(Cc2ccc(Cl)cc2)C1=O. The van der Waals surface area contributed by atoms with E-state index in [9.17, 15) is 14.4 Å². The first-order valence-corrected chi connectivity index (χ1v) is 20.6. The summed E-state index contributed by atoms with van der Waals surface area (Å²) < 4.78 is 63.1. The first kappa shape index (κ1) is 41.0. The maximum Gasteiger partial charge on any atom is 0.410 e. The Bertz CT molecular complexity index is 2400. The van der Waals surface area contributed by atoms with Crippen molar-refractivity contribution in [2.45, 2.75) is 68.2 Å². The Balaban J connectivity index is 0.989. The Morgan fingerprint density at radius 1 is 0.983 bits per heavy atom. The molecule has 12 nitrogen and oxygen atoms in total. The number of ether oxygens (including phenoxy) is 2. The van der Waals surface area contributed by atoms with Crippen LogP contribution in [0.4, 0.5) is 34.5 Å². The number of carbonyl (C=O) groups is 3. The van der Waals surface area contributed by atoms with Gasteiger partial charge in [-0.05, 0) is 72.9 Å². The number of benzene rings is 4. The summed E-state index contributed by atoms with van der Waals surface area (Å²) in [6.07, 6.45) is -2.32. The topological polar surface area (TPSA) is 139 Å². The summed E-state index contributed by atoms with van der Waals surface area (Å²) in [5, 5.41) is 13.9. The molecule has 5 aromatic rings. The lowest BCUT2D eigenvalue weighted by atomic mass is 9.98. The summed E-state index contributed by atoms with van der Waals surface area (Å²) in [5.41, 5.74) is 4.10. The number of anilines is 2. The molecule has 0 radical (unpaired) electrons. The van der Waals surface area contributed by atoms with Crippen molar-refractivity contribution in [2.75, 3.05) is 35.7 Å². The number of alkyl halides is 2. The average Bonchev–Trinajstić information content (AvgIpc) is 3.76. The quantitative estimate of drug-likeness (QED) is 0.155. The maximum absolute atomic E-state index is 15.9. The van der Waals surface area contributed by atoms with Gasteiger partial charge in [0, 0.05) is 34.6 Å². The van der Waals surface area contributed by atoms with Gasteiger partial charge in [0.15, 0.2) is 0 Å². The molecule has 0 spiro atoms. The predicted molar refractivity (Wildman–Crippen MR) is 220 cm³/mol. The van der Waals surface area contributed by atoms with Gasteiger partial charge in [-0.3, -0.25) is 4.79 Å². The smallest absolute Gasteiger partial charge is 0.410 e. The molecule has 60 heavy (non-hydrogen) atoms. The molecule has 2 N–H and O–H groups in total. The minimum atomic E-state index is -3.28. The number of halogens is 4. The largest absolute Gasteiger partial charge is 0.448 e. The summed E-state index contributed by atoms with van der Waals surface area (Å²) in [6, 6.07) is 22.8. The monoisotopic (exact) mass is 860 g/mol. The van der Waals surface area contributed by atoms with Crippen LogP contribution < -0.4 is 15.5 Å². The standard InChI is InChI=1S/C43H40ClF3N6O6S/c1-42(2,3)59-40(55)49-34-22-60-36-17-33(45)31(16-35(36)53(38(34)54)19-24-12-14-25(44)15-13-24)37-50-51-39(58-37)48-26-18-43(46,47)23-52(20-26)41(56)57-21-32-29-10-6-4-8-27(29)28-9-5-7-11-30(28)32/h4-17,26,32,34H,18-23H2,1-3H3,(H,48,51)(H,49,55)/t26?,34-/m0/s1. The lowest BCUT2D eigenvalue weighted by Gasteiger charge is -2.37. The Morgan fingerprint density at radius 2 is 1.67 bits per heavy atom. The van der Waals surface area contributed by atoms with Crippen LogP contribution in [0.3, 0.4) is 0 Å². The zero-order valence-corrected chi connectivity index (χ0v) is 34.3. The minimum absolute atomic E-state index is 0.0332. The molecule has 0 saturated carbocycles. The van der Waals surface area contributed by atoms with Crippen molar-refractivity contribution in [3.8, 4) is 22.6 Å². The number of hydrogen-bond donors (Lipinski definition) is 2. The van der Waals surface area contributed by atoms with Crippen LogP contribution in [0.15, 0.2) is 94.2 Å². The number of piperidine rings is 1. The Hall–Kier alpha value is -5.74. The second kappa shape index (κ2) is 16.4. The minimum Gasteiger partial charge on any atom is -0.448 e. The molecule has 1 saturated heterocycles. The van der Waals surface area contributed by atoms with Crippen molar-refractivity contribution in [3.05, 3.63) is 112 Å². The second-order valence-electron chi connectivity index (χ2n) is 15.9. The van der Waals surface area contributed by atoms with E-state index in [1.54, 1.807) is 45.0 Å². The number of alkyl carbamates (subject to hydrolysis) is 1. The summed E-state index contributed by atoms with van der Waals surface area (Å²) in [5.74, 6) is -4.96. The van der Waals surface area contributed by atoms with Gasteiger partial charge in [-0.2, -0.15) is 0 Å². The third kappa shape index (κ3) is 8.89. The lowest BCUT2D eigenvalue weighted by Crippen LogP contribution is -2.54. The third-order valence-corrected chi connectivity index (χ3v) is 11.6. The number of nitrogens with zero attached hydrogens (tertiary/aromatic N) is 4. The predicted octanol–water partition coefficient (Wildman–Crippen LogP) is 9.13. The number of likely N-dealkylation sites (tertiary alicyclic amines) is 1. The normalized spacial score (nSPS) is 18.6. The van der Waals surface area contributed by atoms with Gasteiger partial charge in [-0.15, -0.1) is 16.9 Å².